The van der Waals surface area contributed by atoms with Gasteiger partial charge in [-0.2, -0.15) is 0 Å². The van der Waals surface area contributed by atoms with Crippen molar-refractivity contribution in [3.8, 4) is 11.6 Å². The standard InChI is InChI=1S/C21H25N3O6S/c1-5-30-18-9-15(10-22-20(18)29-3)17(12-31(4,27)28)24-11-14-7-6-8-16(23-13(2)25)19(14)21(24)26/h6-10,17H,5,11-12H2,1-4H3,(H,23,25). The summed E-state index contributed by atoms with van der Waals surface area (Å²) in [6.07, 6.45) is 2.61. The summed E-state index contributed by atoms with van der Waals surface area (Å²) in [6, 6.07) is 6.03. The molecule has 0 spiro atoms. The zero-order valence-electron chi connectivity index (χ0n) is 17.8. The number of anilines is 1. The monoisotopic (exact) mass is 447 g/mol. The lowest BCUT2D eigenvalue weighted by atomic mass is 10.1. The molecule has 1 atom stereocenters. The van der Waals surface area contributed by atoms with Crippen molar-refractivity contribution in [1.29, 1.82) is 0 Å². The summed E-state index contributed by atoms with van der Waals surface area (Å²) in [5, 5.41) is 2.67. The van der Waals surface area contributed by atoms with Crippen LogP contribution in [0.2, 0.25) is 0 Å². The minimum absolute atomic E-state index is 0.206. The van der Waals surface area contributed by atoms with Gasteiger partial charge in [-0.25, -0.2) is 13.4 Å². The van der Waals surface area contributed by atoms with Gasteiger partial charge in [-0.3, -0.25) is 9.59 Å². The number of methoxy groups -OCH3 is 1. The second kappa shape index (κ2) is 8.93. The fourth-order valence-electron chi connectivity index (χ4n) is 3.62. The fourth-order valence-corrected chi connectivity index (χ4v) is 4.57. The third-order valence-corrected chi connectivity index (χ3v) is 5.75. The van der Waals surface area contributed by atoms with E-state index in [-0.39, 0.29) is 30.0 Å². The van der Waals surface area contributed by atoms with Gasteiger partial charge in [-0.15, -0.1) is 0 Å². The van der Waals surface area contributed by atoms with Gasteiger partial charge in [0.05, 0.1) is 36.8 Å². The maximum absolute atomic E-state index is 13.3. The van der Waals surface area contributed by atoms with Crippen LogP contribution in [0.3, 0.4) is 0 Å². The summed E-state index contributed by atoms with van der Waals surface area (Å²) < 4.78 is 35.2. The van der Waals surface area contributed by atoms with Crippen molar-refractivity contribution >= 4 is 27.3 Å². The summed E-state index contributed by atoms with van der Waals surface area (Å²) in [7, 11) is -1.99. The molecule has 1 aromatic carbocycles. The van der Waals surface area contributed by atoms with Crippen molar-refractivity contribution in [3.05, 3.63) is 47.2 Å². The minimum atomic E-state index is -3.45. The summed E-state index contributed by atoms with van der Waals surface area (Å²) in [6.45, 7) is 3.75. The van der Waals surface area contributed by atoms with Crippen LogP contribution < -0.4 is 14.8 Å². The third-order valence-electron chi connectivity index (χ3n) is 4.83. The molecule has 9 nitrogen and oxygen atoms in total. The number of carbonyl (C=O) groups excluding carboxylic acids is 2. The predicted molar refractivity (Wildman–Crippen MR) is 115 cm³/mol. The van der Waals surface area contributed by atoms with E-state index in [1.54, 1.807) is 24.3 Å². The Hall–Kier alpha value is -3.14. The molecule has 3 rings (SSSR count). The quantitative estimate of drug-likeness (QED) is 0.660. The molecule has 0 aliphatic carbocycles. The minimum Gasteiger partial charge on any atom is -0.488 e. The summed E-state index contributed by atoms with van der Waals surface area (Å²) in [5.41, 5.74) is 1.99. The van der Waals surface area contributed by atoms with E-state index < -0.39 is 15.9 Å². The van der Waals surface area contributed by atoms with Crippen molar-refractivity contribution in [2.45, 2.75) is 26.4 Å². The molecule has 1 aliphatic heterocycles. The largest absolute Gasteiger partial charge is 0.488 e. The van der Waals surface area contributed by atoms with E-state index in [1.807, 2.05) is 6.92 Å². The first-order valence-corrected chi connectivity index (χ1v) is 11.8. The van der Waals surface area contributed by atoms with Crippen molar-refractivity contribution < 1.29 is 27.5 Å². The molecule has 1 unspecified atom stereocenters. The van der Waals surface area contributed by atoms with Crippen molar-refractivity contribution in [1.82, 2.24) is 9.88 Å². The van der Waals surface area contributed by atoms with Gasteiger partial charge in [0.2, 0.25) is 5.91 Å². The van der Waals surface area contributed by atoms with E-state index in [0.717, 1.165) is 6.26 Å². The maximum atomic E-state index is 13.3. The van der Waals surface area contributed by atoms with E-state index in [1.165, 1.54) is 25.1 Å². The smallest absolute Gasteiger partial charge is 0.257 e. The lowest BCUT2D eigenvalue weighted by molar-refractivity contribution is -0.114. The van der Waals surface area contributed by atoms with Crippen LogP contribution in [0.5, 0.6) is 11.6 Å². The van der Waals surface area contributed by atoms with Gasteiger partial charge in [0.1, 0.15) is 9.84 Å². The van der Waals surface area contributed by atoms with Gasteiger partial charge in [-0.05, 0) is 30.2 Å². The number of fused-ring (bicyclic) bond motifs is 1. The molecular weight excluding hydrogens is 422 g/mol. The molecule has 0 saturated carbocycles. The number of hydrogen-bond donors (Lipinski definition) is 1. The number of carbonyl (C=O) groups is 2. The first-order valence-electron chi connectivity index (χ1n) is 9.69. The Morgan fingerprint density at radius 2 is 2.10 bits per heavy atom. The number of nitrogens with zero attached hydrogens (tertiary/aromatic N) is 2. The van der Waals surface area contributed by atoms with E-state index in [0.29, 0.717) is 34.7 Å². The zero-order valence-corrected chi connectivity index (χ0v) is 18.7. The number of hydrogen-bond acceptors (Lipinski definition) is 7. The van der Waals surface area contributed by atoms with E-state index >= 15 is 0 Å². The summed E-state index contributed by atoms with van der Waals surface area (Å²) in [4.78, 5) is 30.6. The first kappa shape index (κ1) is 22.5. The molecule has 0 saturated heterocycles. The molecule has 1 aliphatic rings. The highest BCUT2D eigenvalue weighted by Crippen LogP contribution is 2.37. The Balaban J connectivity index is 2.06. The van der Waals surface area contributed by atoms with Crippen molar-refractivity contribution in [2.24, 2.45) is 0 Å². The molecule has 1 N–H and O–H groups in total. The maximum Gasteiger partial charge on any atom is 0.257 e. The topological polar surface area (TPSA) is 115 Å². The number of pyridine rings is 1. The Morgan fingerprint density at radius 3 is 2.71 bits per heavy atom. The van der Waals surface area contributed by atoms with Gasteiger partial charge < -0.3 is 19.7 Å². The van der Waals surface area contributed by atoms with Crippen LogP contribution in [0, 0.1) is 0 Å². The van der Waals surface area contributed by atoms with E-state index in [4.69, 9.17) is 9.47 Å². The van der Waals surface area contributed by atoms with Crippen LogP contribution >= 0.6 is 0 Å². The van der Waals surface area contributed by atoms with Gasteiger partial charge in [0.25, 0.3) is 11.8 Å². The van der Waals surface area contributed by atoms with Crippen molar-refractivity contribution in [3.63, 3.8) is 0 Å². The van der Waals surface area contributed by atoms with E-state index in [2.05, 4.69) is 10.3 Å². The van der Waals surface area contributed by atoms with Crippen molar-refractivity contribution in [2.75, 3.05) is 31.0 Å². The second-order valence-electron chi connectivity index (χ2n) is 7.27. The normalized spacial score (nSPS) is 14.2. The van der Waals surface area contributed by atoms with Crippen LogP contribution in [-0.2, 0) is 21.2 Å². The number of sulfone groups is 1. The lowest BCUT2D eigenvalue weighted by Crippen LogP contribution is -2.34. The molecule has 166 valence electrons. The Bertz CT molecular complexity index is 1120. The van der Waals surface area contributed by atoms with Crippen LogP contribution in [0.4, 0.5) is 5.69 Å². The molecular formula is C21H25N3O6S. The average Bonchev–Trinajstić information content (AvgIpc) is 3.03. The number of nitrogens with one attached hydrogen (secondary N) is 1. The van der Waals surface area contributed by atoms with Crippen LogP contribution in [0.1, 0.15) is 41.4 Å². The molecule has 2 amide bonds. The highest BCUT2D eigenvalue weighted by atomic mass is 32.2. The third kappa shape index (κ3) is 4.96. The van der Waals surface area contributed by atoms with Gasteiger partial charge in [0.15, 0.2) is 5.75 Å². The van der Waals surface area contributed by atoms with Gasteiger partial charge >= 0.3 is 0 Å². The molecule has 2 heterocycles. The first-order chi connectivity index (χ1) is 14.6. The summed E-state index contributed by atoms with van der Waals surface area (Å²) >= 11 is 0. The number of amides is 2. The molecule has 0 bridgehead atoms. The van der Waals surface area contributed by atoms with Crippen LogP contribution in [-0.4, -0.2) is 55.8 Å². The zero-order chi connectivity index (χ0) is 22.8. The SMILES string of the molecule is CCOc1cc(C(CS(C)(=O)=O)N2Cc3cccc(NC(C)=O)c3C2=O)cnc1OC. The predicted octanol–water partition coefficient (Wildman–Crippen LogP) is 2.19. The van der Waals surface area contributed by atoms with Crippen LogP contribution in [0.25, 0.3) is 0 Å². The Morgan fingerprint density at radius 1 is 1.35 bits per heavy atom. The average molecular weight is 448 g/mol. The lowest BCUT2D eigenvalue weighted by Gasteiger charge is -2.28. The molecule has 31 heavy (non-hydrogen) atoms. The Labute approximate surface area is 181 Å². The second-order valence-corrected chi connectivity index (χ2v) is 9.46. The fraction of sp³-hybridized carbons (Fsp3) is 0.381. The highest BCUT2D eigenvalue weighted by Gasteiger charge is 2.37. The van der Waals surface area contributed by atoms with E-state index in [9.17, 15) is 18.0 Å². The summed E-state index contributed by atoms with van der Waals surface area (Å²) in [5.74, 6) is -0.312. The highest BCUT2D eigenvalue weighted by molar-refractivity contribution is 7.90. The van der Waals surface area contributed by atoms with Crippen LogP contribution in [0.15, 0.2) is 30.5 Å². The molecule has 0 fully saturated rings. The number of rotatable bonds is 8. The number of ether oxygens (including phenoxy) is 2. The van der Waals surface area contributed by atoms with Gasteiger partial charge in [-0.1, -0.05) is 12.1 Å². The number of aromatic nitrogens is 1. The molecule has 1 aromatic heterocycles. The molecule has 0 radical (unpaired) electrons. The molecule has 10 heteroatoms. The number of benzene rings is 1. The van der Waals surface area contributed by atoms with Gasteiger partial charge in [0, 0.05) is 25.9 Å². The molecule has 2 aromatic rings. The Kier molecular flexibility index (Phi) is 6.49.